The van der Waals surface area contributed by atoms with Gasteiger partial charge in [0.1, 0.15) is 5.82 Å². The molecule has 0 aromatic heterocycles. The predicted molar refractivity (Wildman–Crippen MR) is 83.7 cm³/mol. The molecular weight excluding hydrogens is 325 g/mol. The maximum Gasteiger partial charge on any atom is 0.243 e. The first-order chi connectivity index (χ1) is 10.5. The van der Waals surface area contributed by atoms with Crippen LogP contribution in [0.1, 0.15) is 24.4 Å². The summed E-state index contributed by atoms with van der Waals surface area (Å²) in [5.74, 6) is -0.353. The second-order valence-corrected chi connectivity index (χ2v) is 7.61. The van der Waals surface area contributed by atoms with Crippen LogP contribution in [0.2, 0.25) is 5.02 Å². The van der Waals surface area contributed by atoms with Crippen LogP contribution in [0.15, 0.2) is 53.4 Å². The fraction of sp³-hybridized carbons (Fsp3) is 0.250. The highest BCUT2D eigenvalue weighted by atomic mass is 35.5. The minimum atomic E-state index is -3.61. The van der Waals surface area contributed by atoms with E-state index in [0.29, 0.717) is 23.6 Å². The van der Waals surface area contributed by atoms with Gasteiger partial charge in [-0.05, 0) is 54.8 Å². The van der Waals surface area contributed by atoms with Crippen LogP contribution >= 0.6 is 11.6 Å². The van der Waals surface area contributed by atoms with Crippen molar-refractivity contribution in [2.45, 2.75) is 23.8 Å². The van der Waals surface area contributed by atoms with Gasteiger partial charge in [-0.25, -0.2) is 12.8 Å². The maximum absolute atomic E-state index is 13.4. The summed E-state index contributed by atoms with van der Waals surface area (Å²) in [5.41, 5.74) is 0.690. The summed E-state index contributed by atoms with van der Waals surface area (Å²) in [6.45, 7) is 0.437. The molecule has 3 nitrogen and oxygen atoms in total. The molecule has 3 rings (SSSR count). The molecule has 0 radical (unpaired) electrons. The summed E-state index contributed by atoms with van der Waals surface area (Å²) in [7, 11) is -3.61. The number of hydrogen-bond acceptors (Lipinski definition) is 2. The Morgan fingerprint density at radius 2 is 1.86 bits per heavy atom. The van der Waals surface area contributed by atoms with Crippen LogP contribution in [0.3, 0.4) is 0 Å². The zero-order valence-electron chi connectivity index (χ0n) is 11.7. The lowest BCUT2D eigenvalue weighted by Gasteiger charge is -2.24. The van der Waals surface area contributed by atoms with Gasteiger partial charge in [-0.2, -0.15) is 4.31 Å². The van der Waals surface area contributed by atoms with Crippen molar-refractivity contribution in [3.63, 3.8) is 0 Å². The number of sulfonamides is 1. The maximum atomic E-state index is 13.4. The monoisotopic (exact) mass is 339 g/mol. The number of rotatable bonds is 3. The minimum Gasteiger partial charge on any atom is -0.207 e. The minimum absolute atomic E-state index is 0.209. The molecule has 1 atom stereocenters. The molecule has 0 unspecified atom stereocenters. The van der Waals surface area contributed by atoms with Gasteiger partial charge < -0.3 is 0 Å². The van der Waals surface area contributed by atoms with Crippen molar-refractivity contribution in [1.29, 1.82) is 0 Å². The summed E-state index contributed by atoms with van der Waals surface area (Å²) in [5, 5.41) is 0.488. The molecule has 0 N–H and O–H groups in total. The Bertz CT molecular complexity index is 777. The number of benzene rings is 2. The highest BCUT2D eigenvalue weighted by Gasteiger charge is 2.36. The van der Waals surface area contributed by atoms with E-state index in [4.69, 9.17) is 11.6 Å². The first-order valence-corrected chi connectivity index (χ1v) is 8.83. The summed E-state index contributed by atoms with van der Waals surface area (Å²) in [6, 6.07) is 11.9. The summed E-state index contributed by atoms with van der Waals surface area (Å²) >= 11 is 5.81. The molecule has 0 bridgehead atoms. The zero-order chi connectivity index (χ0) is 15.7. The third kappa shape index (κ3) is 2.89. The van der Waals surface area contributed by atoms with Gasteiger partial charge >= 0.3 is 0 Å². The quantitative estimate of drug-likeness (QED) is 0.847. The van der Waals surface area contributed by atoms with E-state index in [0.717, 1.165) is 6.42 Å². The molecule has 1 saturated heterocycles. The summed E-state index contributed by atoms with van der Waals surface area (Å²) in [4.78, 5) is 0.209. The van der Waals surface area contributed by atoms with E-state index >= 15 is 0 Å². The average molecular weight is 340 g/mol. The second kappa shape index (κ2) is 5.99. The third-order valence-corrected chi connectivity index (χ3v) is 6.03. The highest BCUT2D eigenvalue weighted by Crippen LogP contribution is 2.36. The van der Waals surface area contributed by atoms with Gasteiger partial charge in [-0.3, -0.25) is 0 Å². The van der Waals surface area contributed by atoms with Gasteiger partial charge in [0.2, 0.25) is 10.0 Å². The van der Waals surface area contributed by atoms with E-state index < -0.39 is 10.0 Å². The van der Waals surface area contributed by atoms with E-state index in [1.54, 1.807) is 24.3 Å². The smallest absolute Gasteiger partial charge is 0.207 e. The van der Waals surface area contributed by atoms with Gasteiger partial charge in [0, 0.05) is 11.6 Å². The first-order valence-electron chi connectivity index (χ1n) is 7.01. The SMILES string of the molecule is O=S(=O)(c1ccc(Cl)cc1)N1CCC[C@H]1c1cccc(F)c1. The Hall–Kier alpha value is -1.43. The Kier molecular flexibility index (Phi) is 4.21. The molecule has 0 saturated carbocycles. The third-order valence-electron chi connectivity index (χ3n) is 3.86. The molecule has 1 fully saturated rings. The standard InChI is InChI=1S/C16H15ClFNO2S/c17-13-6-8-15(9-7-13)22(20,21)19-10-2-5-16(19)12-3-1-4-14(18)11-12/h1,3-4,6-9,11,16H,2,5,10H2/t16-/m0/s1. The number of nitrogens with zero attached hydrogens (tertiary/aromatic N) is 1. The van der Waals surface area contributed by atoms with Gasteiger partial charge in [-0.15, -0.1) is 0 Å². The van der Waals surface area contributed by atoms with Crippen LogP contribution in [0.25, 0.3) is 0 Å². The van der Waals surface area contributed by atoms with Crippen molar-refractivity contribution in [3.05, 3.63) is 64.9 Å². The van der Waals surface area contributed by atoms with Crippen LogP contribution in [0.4, 0.5) is 4.39 Å². The molecule has 2 aromatic carbocycles. The lowest BCUT2D eigenvalue weighted by atomic mass is 10.1. The van der Waals surface area contributed by atoms with Crippen LogP contribution in [0, 0.1) is 5.82 Å². The Morgan fingerprint density at radius 3 is 2.55 bits per heavy atom. The lowest BCUT2D eigenvalue weighted by molar-refractivity contribution is 0.395. The van der Waals surface area contributed by atoms with Crippen LogP contribution in [-0.2, 0) is 10.0 Å². The van der Waals surface area contributed by atoms with Crippen molar-refractivity contribution >= 4 is 21.6 Å². The number of halogens is 2. The molecule has 116 valence electrons. The molecule has 2 aromatic rings. The van der Waals surface area contributed by atoms with E-state index in [2.05, 4.69) is 0 Å². The van der Waals surface area contributed by atoms with Crippen LogP contribution < -0.4 is 0 Å². The fourth-order valence-electron chi connectivity index (χ4n) is 2.82. The Balaban J connectivity index is 1.97. The summed E-state index contributed by atoms with van der Waals surface area (Å²) in [6.07, 6.45) is 1.45. The predicted octanol–water partition coefficient (Wildman–Crippen LogP) is 4.00. The molecule has 1 aliphatic rings. The van der Waals surface area contributed by atoms with Gasteiger partial charge in [0.05, 0.1) is 10.9 Å². The second-order valence-electron chi connectivity index (χ2n) is 5.28. The van der Waals surface area contributed by atoms with Gasteiger partial charge in [0.25, 0.3) is 0 Å². The van der Waals surface area contributed by atoms with Crippen LogP contribution in [-0.4, -0.2) is 19.3 Å². The van der Waals surface area contributed by atoms with E-state index in [1.807, 2.05) is 0 Å². The molecule has 6 heteroatoms. The Morgan fingerprint density at radius 1 is 1.14 bits per heavy atom. The first kappa shape index (κ1) is 15.5. The van der Waals surface area contributed by atoms with Crippen molar-refractivity contribution < 1.29 is 12.8 Å². The van der Waals surface area contributed by atoms with Gasteiger partial charge in [0.15, 0.2) is 0 Å². The normalized spacial score (nSPS) is 19.5. The largest absolute Gasteiger partial charge is 0.243 e. The average Bonchev–Trinajstić information content (AvgIpc) is 2.98. The number of hydrogen-bond donors (Lipinski definition) is 0. The fourth-order valence-corrected chi connectivity index (χ4v) is 4.63. The molecule has 0 amide bonds. The molecule has 1 aliphatic heterocycles. The zero-order valence-corrected chi connectivity index (χ0v) is 13.3. The highest BCUT2D eigenvalue weighted by molar-refractivity contribution is 7.89. The van der Waals surface area contributed by atoms with Crippen molar-refractivity contribution in [1.82, 2.24) is 4.31 Å². The molecule has 1 heterocycles. The van der Waals surface area contributed by atoms with Crippen molar-refractivity contribution in [2.75, 3.05) is 6.54 Å². The Labute approximate surface area is 134 Å². The summed E-state index contributed by atoms with van der Waals surface area (Å²) < 4.78 is 40.5. The lowest BCUT2D eigenvalue weighted by Crippen LogP contribution is -2.30. The topological polar surface area (TPSA) is 37.4 Å². The van der Waals surface area contributed by atoms with E-state index in [1.165, 1.54) is 28.6 Å². The molecular formula is C16H15ClFNO2S. The van der Waals surface area contributed by atoms with Crippen molar-refractivity contribution in [2.24, 2.45) is 0 Å². The van der Waals surface area contributed by atoms with Crippen molar-refractivity contribution in [3.8, 4) is 0 Å². The van der Waals surface area contributed by atoms with E-state index in [-0.39, 0.29) is 16.8 Å². The molecule has 0 aliphatic carbocycles. The molecule has 22 heavy (non-hydrogen) atoms. The van der Waals surface area contributed by atoms with Crippen LogP contribution in [0.5, 0.6) is 0 Å². The van der Waals surface area contributed by atoms with Gasteiger partial charge in [-0.1, -0.05) is 23.7 Å². The van der Waals surface area contributed by atoms with E-state index in [9.17, 15) is 12.8 Å². The molecule has 0 spiro atoms.